The van der Waals surface area contributed by atoms with Crippen LogP contribution in [0.5, 0.6) is 0 Å². The van der Waals surface area contributed by atoms with Gasteiger partial charge in [0, 0.05) is 19.3 Å². The van der Waals surface area contributed by atoms with Crippen molar-refractivity contribution in [3.8, 4) is 0 Å². The molecule has 3 saturated heterocycles. The van der Waals surface area contributed by atoms with Gasteiger partial charge in [0.1, 0.15) is 41.8 Å². The predicted molar refractivity (Wildman–Crippen MR) is 142 cm³/mol. The molecule has 0 unspecified atom stereocenters. The van der Waals surface area contributed by atoms with Gasteiger partial charge in [-0.1, -0.05) is 0 Å². The summed E-state index contributed by atoms with van der Waals surface area (Å²) in [6.45, 7) is -0.187. The molecule has 220 valence electrons. The summed E-state index contributed by atoms with van der Waals surface area (Å²) in [5, 5.41) is 33.3. The van der Waals surface area contributed by atoms with Gasteiger partial charge in [-0.2, -0.15) is 0 Å². The van der Waals surface area contributed by atoms with E-state index in [4.69, 9.17) is 20.9 Å². The number of anilines is 2. The van der Waals surface area contributed by atoms with E-state index in [2.05, 4.69) is 46.2 Å². The number of fused-ring (bicyclic) bond motifs is 4. The van der Waals surface area contributed by atoms with Crippen LogP contribution in [0.2, 0.25) is 0 Å². The number of hydrogen-bond donors (Lipinski definition) is 8. The summed E-state index contributed by atoms with van der Waals surface area (Å²) in [6.07, 6.45) is -0.548. The van der Waals surface area contributed by atoms with E-state index < -0.39 is 61.0 Å². The fraction of sp³-hybridized carbons (Fsp3) is 0.435. The second-order valence-corrected chi connectivity index (χ2v) is 10.2. The number of nitrogens with one attached hydrogen (secondary N) is 4. The maximum Gasteiger partial charge on any atom is 0.315 e. The zero-order chi connectivity index (χ0) is 29.1. The number of carbonyl (C=O) groups is 2. The second-order valence-electron chi connectivity index (χ2n) is 10.2. The molecule has 0 spiro atoms. The monoisotopic (exact) mass is 581 g/mol. The van der Waals surface area contributed by atoms with Crippen LogP contribution >= 0.6 is 0 Å². The van der Waals surface area contributed by atoms with E-state index in [1.165, 1.54) is 34.3 Å². The molecule has 19 nitrogen and oxygen atoms in total. The van der Waals surface area contributed by atoms with Gasteiger partial charge in [0.05, 0.1) is 30.4 Å². The summed E-state index contributed by atoms with van der Waals surface area (Å²) in [5.74, 6) is 0.160. The van der Waals surface area contributed by atoms with Crippen LogP contribution in [0.15, 0.2) is 31.2 Å². The zero-order valence-corrected chi connectivity index (χ0v) is 21.7. The fourth-order valence-electron chi connectivity index (χ4n) is 5.64. The number of pyridine rings is 1. The summed E-state index contributed by atoms with van der Waals surface area (Å²) < 4.78 is 15.2. The first-order valence-corrected chi connectivity index (χ1v) is 13.1. The molecule has 7 heterocycles. The smallest absolute Gasteiger partial charge is 0.315 e. The molecule has 3 fully saturated rings. The van der Waals surface area contributed by atoms with E-state index in [0.717, 1.165) is 0 Å². The molecule has 0 saturated carbocycles. The summed E-state index contributed by atoms with van der Waals surface area (Å²) in [6, 6.07) is -1.49. The lowest BCUT2D eigenvalue weighted by Crippen LogP contribution is -2.59. The van der Waals surface area contributed by atoms with Gasteiger partial charge in [-0.15, -0.1) is 0 Å². The Balaban J connectivity index is 1.12. The third-order valence-electron chi connectivity index (χ3n) is 7.70. The van der Waals surface area contributed by atoms with Gasteiger partial charge in [0.15, 0.2) is 29.6 Å². The molecule has 3 aliphatic rings. The highest BCUT2D eigenvalue weighted by Crippen LogP contribution is 2.34. The van der Waals surface area contributed by atoms with Crippen LogP contribution in [0, 0.1) is 0 Å². The Morgan fingerprint density at radius 2 is 1.33 bits per heavy atom. The number of urea groups is 2. The molecular weight excluding hydrogens is 554 g/mol. The number of rotatable bonds is 2. The lowest BCUT2D eigenvalue weighted by Gasteiger charge is -2.26. The standard InChI is InChI=1S/C23H27N13O6/c24-8-1-2-26-18-11(8)31-6-35(18)20-15(37)12-9(41-20)3-27-23(40)34-13-10(4-28-22(39)33-12)42-21(16(13)38)36-7-32-14-17(25)29-5-30-19(14)36/h1-2,5-7,9-10,12-13,15-16,20-21,37-38H,3-4H2,(H2,24,26)(H2,25,29,30)(H2,27,34,40)(H2,28,33,39)/t9-,10-,12-,13-,15-,16-,20-,21-/m1/s1. The number of nitrogens with two attached hydrogens (primary N) is 2. The third kappa shape index (κ3) is 4.17. The molecule has 4 aromatic heterocycles. The van der Waals surface area contributed by atoms with Crippen molar-refractivity contribution in [3.63, 3.8) is 0 Å². The number of amides is 4. The number of nitrogens with zero attached hydrogens (tertiary/aromatic N) is 7. The number of hydrogen-bond acceptors (Lipinski definition) is 13. The number of imidazole rings is 2. The van der Waals surface area contributed by atoms with Crippen LogP contribution in [0.4, 0.5) is 21.1 Å². The molecule has 3 aliphatic heterocycles. The summed E-state index contributed by atoms with van der Waals surface area (Å²) in [5.41, 5.74) is 13.8. The van der Waals surface area contributed by atoms with Crippen molar-refractivity contribution in [2.75, 3.05) is 24.6 Å². The molecule has 7 rings (SSSR count). The highest BCUT2D eigenvalue weighted by Gasteiger charge is 2.49. The Kier molecular flexibility index (Phi) is 6.15. The Labute approximate surface area is 235 Å². The molecule has 42 heavy (non-hydrogen) atoms. The Morgan fingerprint density at radius 1 is 0.786 bits per heavy atom. The first-order chi connectivity index (χ1) is 20.3. The van der Waals surface area contributed by atoms with Gasteiger partial charge in [0.2, 0.25) is 0 Å². The van der Waals surface area contributed by atoms with Crippen molar-refractivity contribution < 1.29 is 29.3 Å². The summed E-state index contributed by atoms with van der Waals surface area (Å²) in [4.78, 5) is 46.8. The largest absolute Gasteiger partial charge is 0.397 e. The van der Waals surface area contributed by atoms with E-state index in [-0.39, 0.29) is 18.9 Å². The van der Waals surface area contributed by atoms with Crippen molar-refractivity contribution in [2.45, 2.75) is 49.0 Å². The minimum absolute atomic E-state index is 0.0906. The molecule has 0 aliphatic carbocycles. The Morgan fingerprint density at radius 3 is 1.93 bits per heavy atom. The molecule has 8 atom stereocenters. The van der Waals surface area contributed by atoms with Gasteiger partial charge in [-0.05, 0) is 6.07 Å². The quantitative estimate of drug-likeness (QED) is 0.120. The van der Waals surface area contributed by atoms with E-state index in [1.807, 2.05) is 0 Å². The first kappa shape index (κ1) is 26.1. The minimum Gasteiger partial charge on any atom is -0.397 e. The van der Waals surface area contributed by atoms with Gasteiger partial charge in [-0.3, -0.25) is 9.13 Å². The van der Waals surface area contributed by atoms with Crippen LogP contribution in [-0.2, 0) is 9.47 Å². The molecule has 10 N–H and O–H groups in total. The lowest BCUT2D eigenvalue weighted by atomic mass is 10.1. The number of nitrogen functional groups attached to an aromatic ring is 2. The summed E-state index contributed by atoms with van der Waals surface area (Å²) in [7, 11) is 0. The minimum atomic E-state index is -1.25. The number of aliphatic hydroxyl groups excluding tert-OH is 2. The predicted octanol–water partition coefficient (Wildman–Crippen LogP) is -2.70. The topological polar surface area (TPSA) is 268 Å². The number of aliphatic hydroxyl groups is 2. The van der Waals surface area contributed by atoms with E-state index in [1.54, 1.807) is 6.07 Å². The van der Waals surface area contributed by atoms with Gasteiger partial charge in [0.25, 0.3) is 0 Å². The van der Waals surface area contributed by atoms with E-state index >= 15 is 0 Å². The van der Waals surface area contributed by atoms with E-state index in [0.29, 0.717) is 28.0 Å². The van der Waals surface area contributed by atoms with Crippen molar-refractivity contribution in [3.05, 3.63) is 31.2 Å². The zero-order valence-electron chi connectivity index (χ0n) is 21.7. The maximum absolute atomic E-state index is 13.0. The highest BCUT2D eigenvalue weighted by molar-refractivity contribution is 5.84. The maximum atomic E-state index is 13.0. The Bertz CT molecular complexity index is 1560. The van der Waals surface area contributed by atoms with Crippen LogP contribution in [0.1, 0.15) is 12.5 Å². The van der Waals surface area contributed by atoms with Crippen LogP contribution < -0.4 is 32.7 Å². The Hall–Kier alpha value is -4.85. The molecule has 0 aromatic carbocycles. The fourth-order valence-corrected chi connectivity index (χ4v) is 5.64. The normalized spacial score (nSPS) is 31.8. The van der Waals surface area contributed by atoms with Gasteiger partial charge in [-0.25, -0.2) is 34.5 Å². The van der Waals surface area contributed by atoms with Gasteiger partial charge >= 0.3 is 12.1 Å². The average Bonchev–Trinajstić information content (AvgIpc) is 3.73. The third-order valence-corrected chi connectivity index (χ3v) is 7.70. The van der Waals surface area contributed by atoms with Crippen molar-refractivity contribution in [2.24, 2.45) is 0 Å². The van der Waals surface area contributed by atoms with Crippen LogP contribution in [0.25, 0.3) is 22.3 Å². The summed E-state index contributed by atoms with van der Waals surface area (Å²) >= 11 is 0. The lowest BCUT2D eigenvalue weighted by molar-refractivity contribution is -0.0335. The molecule has 0 bridgehead atoms. The van der Waals surface area contributed by atoms with E-state index in [9.17, 15) is 19.8 Å². The molecule has 0 radical (unpaired) electrons. The average molecular weight is 582 g/mol. The van der Waals surface area contributed by atoms with Crippen molar-refractivity contribution >= 4 is 45.9 Å². The van der Waals surface area contributed by atoms with Crippen LogP contribution in [0.3, 0.4) is 0 Å². The first-order valence-electron chi connectivity index (χ1n) is 13.1. The molecule has 4 amide bonds. The highest BCUT2D eigenvalue weighted by atomic mass is 16.5. The van der Waals surface area contributed by atoms with Gasteiger partial charge < -0.3 is 52.4 Å². The molecule has 4 aromatic rings. The number of ether oxygens (including phenoxy) is 2. The molecular formula is C23H27N13O6. The van der Waals surface area contributed by atoms with Crippen molar-refractivity contribution in [1.82, 2.24) is 55.3 Å². The van der Waals surface area contributed by atoms with Crippen molar-refractivity contribution in [1.29, 1.82) is 0 Å². The molecule has 19 heteroatoms. The second kappa shape index (κ2) is 9.91. The number of aromatic nitrogens is 7. The SMILES string of the molecule is Nc1ccnc2c1ncn2[C@@H]1O[C@@H]2CNC(=O)N[C@H]3[C@@H](O)[C@H](n4cnc5c(N)ncnc54)O[C@@H]3CNC(=O)N[C@H]2[C@H]1O. The van der Waals surface area contributed by atoms with Crippen LogP contribution in [-0.4, -0.2) is 106 Å². The number of carbonyl (C=O) groups excluding carboxylic acids is 2.